The molecule has 232 valence electrons. The lowest BCUT2D eigenvalue weighted by atomic mass is 10.1. The van der Waals surface area contributed by atoms with Crippen molar-refractivity contribution in [3.05, 3.63) is 23.8 Å². The summed E-state index contributed by atoms with van der Waals surface area (Å²) in [7, 11) is 0. The van der Waals surface area contributed by atoms with Crippen LogP contribution in [0.4, 0.5) is 14.4 Å². The van der Waals surface area contributed by atoms with Crippen molar-refractivity contribution in [1.29, 1.82) is 0 Å². The zero-order chi connectivity index (χ0) is 30.6. The molecular formula is C29H45NO11. The number of ether oxygens (including phenoxy) is 7. The van der Waals surface area contributed by atoms with E-state index in [2.05, 4.69) is 0 Å². The fourth-order valence-corrected chi connectivity index (χ4v) is 3.21. The van der Waals surface area contributed by atoms with Crippen LogP contribution in [0, 0.1) is 0 Å². The van der Waals surface area contributed by atoms with Gasteiger partial charge in [-0.3, -0.25) is 4.79 Å². The summed E-state index contributed by atoms with van der Waals surface area (Å²) in [5.41, 5.74) is 6.51. The number of esters is 1. The normalized spacial score (nSPS) is 12.8. The monoisotopic (exact) mass is 583 g/mol. The lowest BCUT2D eigenvalue weighted by Gasteiger charge is -2.17. The topological polar surface area (TPSA) is 159 Å². The highest BCUT2D eigenvalue weighted by Gasteiger charge is 2.22. The summed E-state index contributed by atoms with van der Waals surface area (Å²) in [5.74, 6) is -0.897. The van der Waals surface area contributed by atoms with Gasteiger partial charge < -0.3 is 38.9 Å². The van der Waals surface area contributed by atoms with Gasteiger partial charge in [-0.15, -0.1) is 0 Å². The molecule has 0 radical (unpaired) electrons. The molecule has 1 aromatic carbocycles. The average Bonchev–Trinajstić information content (AvgIpc) is 2.93. The molecule has 41 heavy (non-hydrogen) atoms. The van der Waals surface area contributed by atoms with Crippen LogP contribution in [0.25, 0.3) is 0 Å². The van der Waals surface area contributed by atoms with Crippen LogP contribution in [0.2, 0.25) is 0 Å². The number of hydrogen-bond donors (Lipinski definition) is 1. The molecule has 0 aliphatic heterocycles. The van der Waals surface area contributed by atoms with Crippen molar-refractivity contribution in [2.24, 2.45) is 5.73 Å². The number of unbranched alkanes of at least 4 members (excludes halogenated alkanes) is 4. The quantitative estimate of drug-likeness (QED) is 0.0952. The van der Waals surface area contributed by atoms with Gasteiger partial charge in [0.25, 0.3) is 0 Å². The maximum absolute atomic E-state index is 12.4. The Morgan fingerprint density at radius 3 is 1.85 bits per heavy atom. The van der Waals surface area contributed by atoms with Crippen LogP contribution in [0.3, 0.4) is 0 Å². The van der Waals surface area contributed by atoms with Crippen LogP contribution in [0.15, 0.2) is 18.2 Å². The van der Waals surface area contributed by atoms with Crippen molar-refractivity contribution in [1.82, 2.24) is 0 Å². The molecule has 0 aliphatic carbocycles. The van der Waals surface area contributed by atoms with E-state index in [0.717, 1.165) is 25.7 Å². The first-order chi connectivity index (χ1) is 19.6. The molecule has 0 spiro atoms. The van der Waals surface area contributed by atoms with Crippen molar-refractivity contribution in [3.8, 4) is 11.5 Å². The third-order valence-electron chi connectivity index (χ3n) is 5.72. The van der Waals surface area contributed by atoms with Gasteiger partial charge in [-0.2, -0.15) is 0 Å². The molecule has 12 heteroatoms. The van der Waals surface area contributed by atoms with Gasteiger partial charge in [-0.05, 0) is 57.2 Å². The highest BCUT2D eigenvalue weighted by atomic mass is 16.7. The Labute approximate surface area is 242 Å². The summed E-state index contributed by atoms with van der Waals surface area (Å²) >= 11 is 0. The van der Waals surface area contributed by atoms with E-state index in [1.807, 2.05) is 20.8 Å². The van der Waals surface area contributed by atoms with Gasteiger partial charge in [0.15, 0.2) is 11.5 Å². The van der Waals surface area contributed by atoms with Crippen LogP contribution in [-0.4, -0.2) is 62.5 Å². The molecule has 1 aromatic rings. The van der Waals surface area contributed by atoms with E-state index in [-0.39, 0.29) is 43.8 Å². The molecule has 0 aromatic heterocycles. The van der Waals surface area contributed by atoms with Crippen molar-refractivity contribution >= 4 is 24.4 Å². The summed E-state index contributed by atoms with van der Waals surface area (Å²) < 4.78 is 35.9. The van der Waals surface area contributed by atoms with Crippen molar-refractivity contribution in [2.75, 3.05) is 19.8 Å². The van der Waals surface area contributed by atoms with Gasteiger partial charge in [0.05, 0.1) is 13.2 Å². The maximum Gasteiger partial charge on any atom is 0.513 e. The van der Waals surface area contributed by atoms with E-state index >= 15 is 0 Å². The first-order valence-corrected chi connectivity index (χ1v) is 14.2. The van der Waals surface area contributed by atoms with E-state index in [0.29, 0.717) is 24.8 Å². The molecule has 1 unspecified atom stereocenters. The molecule has 1 rings (SSSR count). The zero-order valence-electron chi connectivity index (χ0n) is 24.8. The molecule has 3 atom stereocenters. The van der Waals surface area contributed by atoms with Crippen molar-refractivity contribution in [3.63, 3.8) is 0 Å². The number of rotatable bonds is 18. The van der Waals surface area contributed by atoms with Crippen molar-refractivity contribution < 1.29 is 52.3 Å². The number of nitrogens with two attached hydrogens (primary N) is 1. The highest BCUT2D eigenvalue weighted by Crippen LogP contribution is 2.30. The second-order valence-electron chi connectivity index (χ2n) is 9.55. The smallest absolute Gasteiger partial charge is 0.461 e. The van der Waals surface area contributed by atoms with Crippen molar-refractivity contribution in [2.45, 2.75) is 104 Å². The summed E-state index contributed by atoms with van der Waals surface area (Å²) in [6.45, 7) is 9.35. The van der Waals surface area contributed by atoms with E-state index < -0.39 is 36.6 Å². The second-order valence-corrected chi connectivity index (χ2v) is 9.55. The lowest BCUT2D eigenvalue weighted by molar-refractivity contribution is -0.148. The fraction of sp³-hybridized carbons (Fsp3) is 0.655. The predicted molar refractivity (Wildman–Crippen MR) is 149 cm³/mol. The Bertz CT molecular complexity index is 953. The summed E-state index contributed by atoms with van der Waals surface area (Å²) in [4.78, 5) is 48.5. The van der Waals surface area contributed by atoms with Gasteiger partial charge in [0.2, 0.25) is 0 Å². The molecule has 0 saturated carbocycles. The van der Waals surface area contributed by atoms with Crippen LogP contribution >= 0.6 is 0 Å². The Balaban J connectivity index is 2.80. The van der Waals surface area contributed by atoms with E-state index in [1.165, 1.54) is 12.1 Å². The minimum Gasteiger partial charge on any atom is -0.461 e. The minimum absolute atomic E-state index is 0.00772. The number of carbonyl (C=O) groups is 4. The van der Waals surface area contributed by atoms with Gasteiger partial charge in [0.1, 0.15) is 24.9 Å². The highest BCUT2D eigenvalue weighted by molar-refractivity contribution is 5.76. The lowest BCUT2D eigenvalue weighted by Crippen LogP contribution is -2.36. The summed E-state index contributed by atoms with van der Waals surface area (Å²) in [5, 5.41) is 0. The first kappa shape index (κ1) is 35.5. The van der Waals surface area contributed by atoms with Gasteiger partial charge in [-0.1, -0.05) is 52.5 Å². The van der Waals surface area contributed by atoms with Gasteiger partial charge in [0, 0.05) is 0 Å². The Morgan fingerprint density at radius 1 is 0.732 bits per heavy atom. The number of benzene rings is 1. The van der Waals surface area contributed by atoms with E-state index in [1.54, 1.807) is 19.9 Å². The third kappa shape index (κ3) is 15.7. The summed E-state index contributed by atoms with van der Waals surface area (Å²) in [6, 6.07) is 3.29. The summed E-state index contributed by atoms with van der Waals surface area (Å²) in [6.07, 6.45) is 1.93. The van der Waals surface area contributed by atoms with Crippen LogP contribution in [0.5, 0.6) is 11.5 Å². The maximum atomic E-state index is 12.4. The SMILES string of the molecule is CCCCCOC(=O)Oc1ccc(C[C@H](N)C(=O)OC[C@H](C)OC(=O)OC(C)CC)cc1OC(=O)OCCCCC. The third-order valence-corrected chi connectivity index (χ3v) is 5.72. The standard InChI is InChI=1S/C29H45NO11/c1-6-9-11-15-35-27(32)40-24-14-13-22(18-25(24)41-28(33)36-16-12-10-7-2)17-23(30)26(31)37-19-21(5)39-29(34)38-20(4)8-3/h13-14,18,20-21,23H,6-12,15-17,19,30H2,1-5H3/t20?,21-,23-/m0/s1. The van der Waals surface area contributed by atoms with Gasteiger partial charge >= 0.3 is 24.4 Å². The van der Waals surface area contributed by atoms with Crippen LogP contribution < -0.4 is 15.2 Å². The largest absolute Gasteiger partial charge is 0.513 e. The molecule has 0 heterocycles. The Morgan fingerprint density at radius 2 is 1.29 bits per heavy atom. The predicted octanol–water partition coefficient (Wildman–Crippen LogP) is 5.85. The Hall–Kier alpha value is -3.54. The molecule has 0 aliphatic rings. The molecule has 0 saturated heterocycles. The molecule has 12 nitrogen and oxygen atoms in total. The average molecular weight is 584 g/mol. The number of hydrogen-bond acceptors (Lipinski definition) is 12. The molecular weight excluding hydrogens is 538 g/mol. The Kier molecular flexibility index (Phi) is 17.6. The zero-order valence-corrected chi connectivity index (χ0v) is 24.8. The van der Waals surface area contributed by atoms with Crippen LogP contribution in [0.1, 0.15) is 85.1 Å². The first-order valence-electron chi connectivity index (χ1n) is 14.2. The minimum atomic E-state index is -1.08. The number of carbonyl (C=O) groups excluding carboxylic acids is 4. The van der Waals surface area contributed by atoms with Crippen LogP contribution in [-0.2, 0) is 34.9 Å². The van der Waals surface area contributed by atoms with Gasteiger partial charge in [-0.25, -0.2) is 14.4 Å². The second kappa shape index (κ2) is 20.4. The molecule has 2 N–H and O–H groups in total. The molecule has 0 bridgehead atoms. The molecule has 0 amide bonds. The fourth-order valence-electron chi connectivity index (χ4n) is 3.21. The van der Waals surface area contributed by atoms with E-state index in [9.17, 15) is 19.2 Å². The van der Waals surface area contributed by atoms with E-state index in [4.69, 9.17) is 38.9 Å². The molecule has 0 fully saturated rings.